The molecule has 0 N–H and O–H groups in total. The molecule has 0 amide bonds. The highest BCUT2D eigenvalue weighted by Gasteiger charge is 1.95. The Balaban J connectivity index is 3.37. The molecule has 0 spiro atoms. The van der Waals surface area contributed by atoms with Crippen LogP contribution in [0.15, 0.2) is 23.0 Å². The molecule has 9 heavy (non-hydrogen) atoms. The molecule has 0 aliphatic heterocycles. The van der Waals surface area contributed by atoms with E-state index in [0.29, 0.717) is 0 Å². The lowest BCUT2D eigenvalue weighted by Gasteiger charge is -1.95. The molecular formula is C6H10OS2. The van der Waals surface area contributed by atoms with Crippen LogP contribution in [0.2, 0.25) is 0 Å². The van der Waals surface area contributed by atoms with Gasteiger partial charge in [0.25, 0.3) is 0 Å². The van der Waals surface area contributed by atoms with E-state index in [9.17, 15) is 4.55 Å². The second-order valence-corrected chi connectivity index (χ2v) is 4.12. The lowest BCUT2D eigenvalue weighted by molar-refractivity contribution is 0.617. The van der Waals surface area contributed by atoms with E-state index in [1.165, 1.54) is 10.8 Å². The van der Waals surface area contributed by atoms with Crippen LogP contribution >= 0.6 is 10.8 Å². The highest BCUT2D eigenvalue weighted by molar-refractivity contribution is 8.74. The molecule has 0 aromatic carbocycles. The smallest absolute Gasteiger partial charge is 0.126 e. The standard InChI is InChI=1S/C6H10OS2/c1-3-5-8-9(7)6-4-2/h3-6H,1-2H3/b5-3+,6-4+. The summed E-state index contributed by atoms with van der Waals surface area (Å²) < 4.78 is 10.7. The molecule has 0 aromatic rings. The van der Waals surface area contributed by atoms with Crippen LogP contribution in [0.1, 0.15) is 13.8 Å². The Hall–Kier alpha value is 0.140. The van der Waals surface area contributed by atoms with Gasteiger partial charge in [-0.25, -0.2) is 0 Å². The van der Waals surface area contributed by atoms with Gasteiger partial charge < -0.3 is 4.55 Å². The quantitative estimate of drug-likeness (QED) is 0.470. The molecule has 0 aromatic heterocycles. The van der Waals surface area contributed by atoms with Crippen LogP contribution in [0.25, 0.3) is 0 Å². The Morgan fingerprint density at radius 2 is 2.00 bits per heavy atom. The summed E-state index contributed by atoms with van der Waals surface area (Å²) in [5, 5.41) is 3.47. The van der Waals surface area contributed by atoms with Crippen LogP contribution in [0.4, 0.5) is 0 Å². The molecule has 0 aliphatic carbocycles. The van der Waals surface area contributed by atoms with Gasteiger partial charge in [-0.3, -0.25) is 0 Å². The third kappa shape index (κ3) is 6.02. The van der Waals surface area contributed by atoms with Crippen molar-refractivity contribution in [3.05, 3.63) is 23.0 Å². The van der Waals surface area contributed by atoms with Crippen LogP contribution in [-0.4, -0.2) is 4.55 Å². The fourth-order valence-corrected chi connectivity index (χ4v) is 1.95. The second kappa shape index (κ2) is 6.26. The van der Waals surface area contributed by atoms with Crippen LogP contribution in [0.5, 0.6) is 0 Å². The fraction of sp³-hybridized carbons (Fsp3) is 0.333. The first kappa shape index (κ1) is 9.14. The van der Waals surface area contributed by atoms with E-state index < -0.39 is 10.2 Å². The average molecular weight is 162 g/mol. The fourth-order valence-electron chi connectivity index (χ4n) is 0.253. The van der Waals surface area contributed by atoms with Gasteiger partial charge in [-0.05, 0) is 19.9 Å². The molecular weight excluding hydrogens is 152 g/mol. The molecule has 0 saturated carbocycles. The van der Waals surface area contributed by atoms with Crippen molar-refractivity contribution in [1.29, 1.82) is 0 Å². The Labute approximate surface area is 62.8 Å². The topological polar surface area (TPSA) is 23.1 Å². The summed E-state index contributed by atoms with van der Waals surface area (Å²) in [4.78, 5) is 0. The minimum absolute atomic E-state index is 0.871. The summed E-state index contributed by atoms with van der Waals surface area (Å²) in [5.41, 5.74) is 0. The molecule has 0 heterocycles. The molecule has 0 fully saturated rings. The van der Waals surface area contributed by atoms with Gasteiger partial charge in [-0.15, -0.1) is 0 Å². The molecule has 0 radical (unpaired) electrons. The molecule has 0 saturated heterocycles. The van der Waals surface area contributed by atoms with E-state index in [-0.39, 0.29) is 0 Å². The van der Waals surface area contributed by atoms with Crippen LogP contribution in [0.3, 0.4) is 0 Å². The van der Waals surface area contributed by atoms with Crippen LogP contribution in [-0.2, 0) is 10.2 Å². The zero-order valence-corrected chi connectivity index (χ0v) is 7.17. The summed E-state index contributed by atoms with van der Waals surface area (Å²) in [6.07, 6.45) is 3.65. The van der Waals surface area contributed by atoms with Gasteiger partial charge >= 0.3 is 0 Å². The normalized spacial score (nSPS) is 15.4. The van der Waals surface area contributed by atoms with E-state index in [1.807, 2.05) is 25.3 Å². The van der Waals surface area contributed by atoms with E-state index >= 15 is 0 Å². The first-order chi connectivity index (χ1) is 4.31. The lowest BCUT2D eigenvalue weighted by atomic mass is 10.8. The minimum Gasteiger partial charge on any atom is -0.600 e. The van der Waals surface area contributed by atoms with Crippen LogP contribution < -0.4 is 0 Å². The second-order valence-electron chi connectivity index (χ2n) is 1.30. The summed E-state index contributed by atoms with van der Waals surface area (Å²) in [5.74, 6) is 0. The Bertz CT molecular complexity index is 110. The van der Waals surface area contributed by atoms with Gasteiger partial charge in [-0.1, -0.05) is 6.08 Å². The first-order valence-electron chi connectivity index (χ1n) is 2.63. The summed E-state index contributed by atoms with van der Waals surface area (Å²) >= 11 is 0. The molecule has 0 aliphatic rings. The number of rotatable bonds is 3. The molecule has 0 bridgehead atoms. The van der Waals surface area contributed by atoms with Crippen molar-refractivity contribution >= 4 is 21.0 Å². The van der Waals surface area contributed by atoms with Gasteiger partial charge in [0.2, 0.25) is 0 Å². The highest BCUT2D eigenvalue weighted by Crippen LogP contribution is 2.14. The Kier molecular flexibility index (Phi) is 6.36. The maximum Gasteiger partial charge on any atom is 0.126 e. The molecule has 52 valence electrons. The number of hydrogen-bond donors (Lipinski definition) is 0. The molecule has 0 rings (SSSR count). The van der Waals surface area contributed by atoms with Crippen molar-refractivity contribution in [2.45, 2.75) is 13.8 Å². The Morgan fingerprint density at radius 1 is 1.33 bits per heavy atom. The van der Waals surface area contributed by atoms with Crippen molar-refractivity contribution in [3.63, 3.8) is 0 Å². The van der Waals surface area contributed by atoms with Gasteiger partial charge in [0.15, 0.2) is 0 Å². The third-order valence-corrected chi connectivity index (χ3v) is 2.84. The van der Waals surface area contributed by atoms with Gasteiger partial charge in [0, 0.05) is 5.41 Å². The van der Waals surface area contributed by atoms with Gasteiger partial charge in [-0.2, -0.15) is 0 Å². The van der Waals surface area contributed by atoms with Gasteiger partial charge in [0.1, 0.15) is 16.2 Å². The van der Waals surface area contributed by atoms with E-state index in [0.717, 1.165) is 0 Å². The zero-order chi connectivity index (χ0) is 7.11. The minimum atomic E-state index is -0.871. The predicted molar refractivity (Wildman–Crippen MR) is 45.4 cm³/mol. The van der Waals surface area contributed by atoms with Crippen molar-refractivity contribution in [2.24, 2.45) is 0 Å². The van der Waals surface area contributed by atoms with Crippen LogP contribution in [0, 0.1) is 0 Å². The lowest BCUT2D eigenvalue weighted by Crippen LogP contribution is -1.82. The van der Waals surface area contributed by atoms with E-state index in [4.69, 9.17) is 0 Å². The average Bonchev–Trinajstić information content (AvgIpc) is 1.85. The summed E-state index contributed by atoms with van der Waals surface area (Å²) in [7, 11) is 0.435. The maximum atomic E-state index is 10.7. The first-order valence-corrected chi connectivity index (χ1v) is 5.24. The molecule has 1 atom stereocenters. The molecule has 3 heteroatoms. The zero-order valence-electron chi connectivity index (χ0n) is 5.53. The third-order valence-electron chi connectivity index (χ3n) is 0.534. The van der Waals surface area contributed by atoms with E-state index in [2.05, 4.69) is 0 Å². The summed E-state index contributed by atoms with van der Waals surface area (Å²) in [6, 6.07) is 0. The SMILES string of the molecule is C/C=C/S[S+]([O-])/C=C/C. The largest absolute Gasteiger partial charge is 0.600 e. The molecule has 1 nitrogen and oxygen atoms in total. The van der Waals surface area contributed by atoms with Crippen molar-refractivity contribution in [2.75, 3.05) is 0 Å². The van der Waals surface area contributed by atoms with Crippen molar-refractivity contribution in [3.8, 4) is 0 Å². The summed E-state index contributed by atoms with van der Waals surface area (Å²) in [6.45, 7) is 3.76. The maximum absolute atomic E-state index is 10.7. The number of allylic oxidation sites excluding steroid dienone is 2. The Morgan fingerprint density at radius 3 is 2.44 bits per heavy atom. The van der Waals surface area contributed by atoms with Gasteiger partial charge in [0.05, 0.1) is 10.2 Å². The highest BCUT2D eigenvalue weighted by atomic mass is 33.1. The predicted octanol–water partition coefficient (Wildman–Crippen LogP) is 2.45. The number of hydrogen-bond acceptors (Lipinski definition) is 2. The van der Waals surface area contributed by atoms with Crippen molar-refractivity contribution < 1.29 is 4.55 Å². The monoisotopic (exact) mass is 162 g/mol. The van der Waals surface area contributed by atoms with Crippen molar-refractivity contribution in [1.82, 2.24) is 0 Å². The van der Waals surface area contributed by atoms with E-state index in [1.54, 1.807) is 11.5 Å². The molecule has 1 unspecified atom stereocenters.